The van der Waals surface area contributed by atoms with Crippen molar-refractivity contribution < 1.29 is 14.6 Å². The van der Waals surface area contributed by atoms with Crippen LogP contribution in [0.5, 0.6) is 0 Å². The minimum absolute atomic E-state index is 0.633. The van der Waals surface area contributed by atoms with Crippen LogP contribution in [0.4, 0.5) is 0 Å². The number of aliphatic carboxylic acids is 1. The summed E-state index contributed by atoms with van der Waals surface area (Å²) in [5.41, 5.74) is -0.811. The maximum Gasteiger partial charge on any atom is 0.323 e. The molecule has 2 N–H and O–H groups in total. The second kappa shape index (κ2) is 7.82. The van der Waals surface area contributed by atoms with Gasteiger partial charge in [-0.15, -0.1) is 0 Å². The Morgan fingerprint density at radius 1 is 1.58 bits per heavy atom. The maximum absolute atomic E-state index is 11.2. The van der Waals surface area contributed by atoms with E-state index in [0.29, 0.717) is 12.3 Å². The minimum Gasteiger partial charge on any atom is -0.480 e. The Hall–Kier alpha value is -0.650. The molecule has 0 radical (unpaired) electrons. The first-order chi connectivity index (χ1) is 8.98. The van der Waals surface area contributed by atoms with Crippen LogP contribution in [0, 0.1) is 5.92 Å². The Kier molecular flexibility index (Phi) is 6.75. The highest BCUT2D eigenvalue weighted by molar-refractivity contribution is 5.78. The van der Waals surface area contributed by atoms with Gasteiger partial charge in [0.1, 0.15) is 5.54 Å². The first-order valence-corrected chi connectivity index (χ1v) is 7.16. The molecule has 5 nitrogen and oxygen atoms in total. The number of hydrogen-bond donors (Lipinski definition) is 2. The molecule has 5 heteroatoms. The second-order valence-electron chi connectivity index (χ2n) is 5.84. The molecule has 0 amide bonds. The van der Waals surface area contributed by atoms with Gasteiger partial charge in [-0.05, 0) is 59.2 Å². The first-order valence-electron chi connectivity index (χ1n) is 7.16. The standard InChI is InChI=1S/C14H28N2O3/c1-14(15-2,13(17)18)7-5-8-16(3)10-12-6-4-9-19-11-12/h12,15H,4-11H2,1-3H3,(H,17,18). The lowest BCUT2D eigenvalue weighted by atomic mass is 9.96. The van der Waals surface area contributed by atoms with E-state index >= 15 is 0 Å². The topological polar surface area (TPSA) is 61.8 Å². The lowest BCUT2D eigenvalue weighted by molar-refractivity contribution is -0.144. The minimum atomic E-state index is -0.811. The van der Waals surface area contributed by atoms with Crippen molar-refractivity contribution in [3.8, 4) is 0 Å². The molecule has 0 aliphatic carbocycles. The molecule has 0 bridgehead atoms. The van der Waals surface area contributed by atoms with Crippen molar-refractivity contribution in [3.05, 3.63) is 0 Å². The van der Waals surface area contributed by atoms with Crippen LogP contribution in [-0.4, -0.2) is 61.9 Å². The van der Waals surface area contributed by atoms with Crippen LogP contribution >= 0.6 is 0 Å². The van der Waals surface area contributed by atoms with Crippen molar-refractivity contribution in [1.29, 1.82) is 0 Å². The smallest absolute Gasteiger partial charge is 0.323 e. The van der Waals surface area contributed by atoms with E-state index in [1.165, 1.54) is 6.42 Å². The summed E-state index contributed by atoms with van der Waals surface area (Å²) in [6.45, 7) is 5.49. The Labute approximate surface area is 116 Å². The number of carboxylic acids is 1. The van der Waals surface area contributed by atoms with Crippen molar-refractivity contribution in [2.24, 2.45) is 5.92 Å². The molecule has 1 saturated heterocycles. The van der Waals surface area contributed by atoms with Crippen LogP contribution in [0.25, 0.3) is 0 Å². The van der Waals surface area contributed by atoms with Crippen LogP contribution in [0.3, 0.4) is 0 Å². The predicted octanol–water partition coefficient (Wildman–Crippen LogP) is 1.19. The number of nitrogens with one attached hydrogen (secondary N) is 1. The van der Waals surface area contributed by atoms with E-state index in [2.05, 4.69) is 17.3 Å². The summed E-state index contributed by atoms with van der Waals surface area (Å²) in [6, 6.07) is 0. The fraction of sp³-hybridized carbons (Fsp3) is 0.929. The summed E-state index contributed by atoms with van der Waals surface area (Å²) < 4.78 is 5.48. The van der Waals surface area contributed by atoms with Gasteiger partial charge in [0.15, 0.2) is 0 Å². The number of likely N-dealkylation sites (N-methyl/N-ethyl adjacent to an activating group) is 1. The highest BCUT2D eigenvalue weighted by atomic mass is 16.5. The Bertz CT molecular complexity index is 280. The summed E-state index contributed by atoms with van der Waals surface area (Å²) in [4.78, 5) is 13.4. The van der Waals surface area contributed by atoms with E-state index in [1.807, 2.05) is 0 Å². The summed E-state index contributed by atoms with van der Waals surface area (Å²) in [7, 11) is 3.81. The van der Waals surface area contributed by atoms with E-state index in [9.17, 15) is 4.79 Å². The molecule has 1 heterocycles. The van der Waals surface area contributed by atoms with Crippen LogP contribution in [0.2, 0.25) is 0 Å². The molecule has 0 spiro atoms. The van der Waals surface area contributed by atoms with Gasteiger partial charge >= 0.3 is 5.97 Å². The van der Waals surface area contributed by atoms with Crippen molar-refractivity contribution in [1.82, 2.24) is 10.2 Å². The summed E-state index contributed by atoms with van der Waals surface area (Å²) in [5, 5.41) is 12.1. The number of ether oxygens (including phenoxy) is 1. The van der Waals surface area contributed by atoms with Gasteiger partial charge in [0, 0.05) is 13.2 Å². The summed E-state index contributed by atoms with van der Waals surface area (Å²) >= 11 is 0. The van der Waals surface area contributed by atoms with Crippen LogP contribution in [0.15, 0.2) is 0 Å². The van der Waals surface area contributed by atoms with E-state index in [-0.39, 0.29) is 0 Å². The summed E-state index contributed by atoms with van der Waals surface area (Å²) in [6.07, 6.45) is 3.93. The van der Waals surface area contributed by atoms with Gasteiger partial charge < -0.3 is 20.1 Å². The van der Waals surface area contributed by atoms with Gasteiger partial charge in [-0.25, -0.2) is 0 Å². The molecule has 2 unspecified atom stereocenters. The molecule has 0 saturated carbocycles. The molecule has 0 aromatic heterocycles. The van der Waals surface area contributed by atoms with Gasteiger partial charge in [0.25, 0.3) is 0 Å². The lowest BCUT2D eigenvalue weighted by Crippen LogP contribution is -2.47. The van der Waals surface area contributed by atoms with E-state index < -0.39 is 11.5 Å². The SMILES string of the molecule is CNC(C)(CCCN(C)CC1CCCOC1)C(=O)O. The third-order valence-corrected chi connectivity index (χ3v) is 4.06. The number of nitrogens with zero attached hydrogens (tertiary/aromatic N) is 1. The molecular formula is C14H28N2O3. The monoisotopic (exact) mass is 272 g/mol. The largest absolute Gasteiger partial charge is 0.480 e. The van der Waals surface area contributed by atoms with Crippen molar-refractivity contribution in [3.63, 3.8) is 0 Å². The molecular weight excluding hydrogens is 244 g/mol. The molecule has 19 heavy (non-hydrogen) atoms. The molecule has 1 rings (SSSR count). The third-order valence-electron chi connectivity index (χ3n) is 4.06. The second-order valence-corrected chi connectivity index (χ2v) is 5.84. The molecule has 112 valence electrons. The third kappa shape index (κ3) is 5.47. The van der Waals surface area contributed by atoms with Crippen LogP contribution in [0.1, 0.15) is 32.6 Å². The molecule has 0 aromatic carbocycles. The average Bonchev–Trinajstić information content (AvgIpc) is 2.39. The highest BCUT2D eigenvalue weighted by Gasteiger charge is 2.30. The Morgan fingerprint density at radius 2 is 2.32 bits per heavy atom. The number of hydrogen-bond acceptors (Lipinski definition) is 4. The fourth-order valence-electron chi connectivity index (χ4n) is 2.52. The predicted molar refractivity (Wildman–Crippen MR) is 75.4 cm³/mol. The Balaban J connectivity index is 2.22. The molecule has 1 fully saturated rings. The zero-order chi connectivity index (χ0) is 14.3. The normalized spacial score (nSPS) is 23.3. The van der Waals surface area contributed by atoms with Crippen molar-refractivity contribution in [2.75, 3.05) is 40.4 Å². The van der Waals surface area contributed by atoms with E-state index in [4.69, 9.17) is 9.84 Å². The number of rotatable bonds is 8. The van der Waals surface area contributed by atoms with Crippen LogP contribution in [-0.2, 0) is 9.53 Å². The highest BCUT2D eigenvalue weighted by Crippen LogP contribution is 2.16. The molecule has 0 aromatic rings. The lowest BCUT2D eigenvalue weighted by Gasteiger charge is -2.28. The quantitative estimate of drug-likeness (QED) is 0.695. The van der Waals surface area contributed by atoms with Gasteiger partial charge in [-0.3, -0.25) is 4.79 Å². The van der Waals surface area contributed by atoms with Gasteiger partial charge in [-0.2, -0.15) is 0 Å². The maximum atomic E-state index is 11.2. The number of carbonyl (C=O) groups is 1. The van der Waals surface area contributed by atoms with Gasteiger partial charge in [0.2, 0.25) is 0 Å². The number of carboxylic acid groups (broad SMARTS) is 1. The zero-order valence-electron chi connectivity index (χ0n) is 12.4. The van der Waals surface area contributed by atoms with Gasteiger partial charge in [-0.1, -0.05) is 0 Å². The van der Waals surface area contributed by atoms with Gasteiger partial charge in [0.05, 0.1) is 6.61 Å². The molecule has 1 aliphatic heterocycles. The fourth-order valence-corrected chi connectivity index (χ4v) is 2.52. The van der Waals surface area contributed by atoms with Crippen LogP contribution < -0.4 is 5.32 Å². The summed E-state index contributed by atoms with van der Waals surface area (Å²) in [5.74, 6) is -0.146. The van der Waals surface area contributed by atoms with E-state index in [1.54, 1.807) is 14.0 Å². The van der Waals surface area contributed by atoms with Crippen molar-refractivity contribution in [2.45, 2.75) is 38.1 Å². The zero-order valence-corrected chi connectivity index (χ0v) is 12.4. The van der Waals surface area contributed by atoms with Crippen molar-refractivity contribution >= 4 is 5.97 Å². The first kappa shape index (κ1) is 16.4. The average molecular weight is 272 g/mol. The molecule has 2 atom stereocenters. The Morgan fingerprint density at radius 3 is 2.84 bits per heavy atom. The van der Waals surface area contributed by atoms with E-state index in [0.717, 1.165) is 39.1 Å². The molecule has 1 aliphatic rings.